The van der Waals surface area contributed by atoms with Gasteiger partial charge in [0.25, 0.3) is 0 Å². The Balaban J connectivity index is 0.000000124. The van der Waals surface area contributed by atoms with E-state index in [4.69, 9.17) is 17.7 Å². The average molecular weight is 1860 g/mol. The second-order valence-electron chi connectivity index (χ2n) is 32.4. The van der Waals surface area contributed by atoms with Crippen LogP contribution in [0.2, 0.25) is 0 Å². The predicted molar refractivity (Wildman–Crippen MR) is 565 cm³/mol. The molecule has 0 amide bonds. The summed E-state index contributed by atoms with van der Waals surface area (Å²) in [5.41, 5.74) is 25.8. The van der Waals surface area contributed by atoms with Crippen LogP contribution in [0, 0.1) is 11.8 Å². The first-order valence-corrected chi connectivity index (χ1v) is 46.8. The Kier molecular flexibility index (Phi) is 21.6. The molecule has 0 aliphatic rings. The van der Waals surface area contributed by atoms with Gasteiger partial charge >= 0.3 is 0 Å². The van der Waals surface area contributed by atoms with Gasteiger partial charge in [0.05, 0.1) is 33.2 Å². The van der Waals surface area contributed by atoms with E-state index in [2.05, 4.69) is 464 Å². The molecule has 26 aromatic rings. The summed E-state index contributed by atoms with van der Waals surface area (Å²) in [6.07, 6.45) is 0. The summed E-state index contributed by atoms with van der Waals surface area (Å²) in [7, 11) is 0. The molecule has 624 valence electrons. The van der Waals surface area contributed by atoms with Crippen LogP contribution in [0.15, 0.2) is 459 Å². The minimum absolute atomic E-state index is 0.852. The number of furan rings is 4. The lowest BCUT2D eigenvalue weighted by molar-refractivity contribution is 0.645. The Labute approximate surface area is 778 Å². The quantitative estimate of drug-likeness (QED) is 0.0602. The van der Waals surface area contributed by atoms with Gasteiger partial charge in [0.2, 0.25) is 11.4 Å². The maximum atomic E-state index is 6.76. The summed E-state index contributed by atoms with van der Waals surface area (Å²) in [5, 5.41) is 25.1. The molecule has 6 aromatic heterocycles. The van der Waals surface area contributed by atoms with Crippen LogP contribution < -0.4 is 10.2 Å². The summed E-state index contributed by atoms with van der Waals surface area (Å²) < 4.78 is 31.8. The van der Waals surface area contributed by atoms with E-state index in [1.807, 2.05) is 61.2 Å². The van der Waals surface area contributed by atoms with Crippen LogP contribution in [0.25, 0.3) is 209 Å². The Morgan fingerprint density at radius 3 is 1.12 bits per heavy atom. The van der Waals surface area contributed by atoms with Crippen molar-refractivity contribution in [2.24, 2.45) is 0 Å². The number of nitrogens with zero attached hydrogens (tertiary/aromatic N) is 3. The van der Waals surface area contributed by atoms with Crippen LogP contribution in [-0.4, -0.2) is 14.1 Å². The summed E-state index contributed by atoms with van der Waals surface area (Å²) in [6, 6.07) is 154. The number of nitrogens with one attached hydrogen (secondary N) is 1. The molecule has 0 saturated heterocycles. The second kappa shape index (κ2) is 35.0. The first kappa shape index (κ1) is 80.9. The number of anilines is 5. The van der Waals surface area contributed by atoms with E-state index in [0.29, 0.717) is 0 Å². The molecule has 0 unspecified atom stereocenters. The van der Waals surface area contributed by atoms with E-state index in [-0.39, 0.29) is 0 Å². The highest BCUT2D eigenvalue weighted by Gasteiger charge is 2.25. The third-order valence-corrected chi connectivity index (χ3v) is 25.5. The standard InChI is InChI=1S/C58H36N2O2.C38H24N2O2.C20H13Br.C4H6.CH3I/c1-2-14-41(15-3-1)60-52-22-10-8-20-49(52)56-50-34-29-39(36-55(50)62-58(56)60)37-25-30-42(31-26-37)59(53-23-12-21-48-47-19-9-11-24-54(47)61-57(48)53)43-32-27-38(28-33-43)51-35-40-13-4-5-16-44(40)45-17-6-7-18-46(45)51;1-2-9-27(10-3-1)40-33-15-6-4-12-30(33)36-31-22-19-25(23-35(31)42-38(36)40)24-17-20-26(21-18-24)39-32-14-8-13-29-28-11-5-7-16-34(28)41-37(29)32;21-16-11-9-14(10-12-16)20-13-15-5-1-2-6-17(15)18-7-3-4-8-19(18)20;1-3-4-2;1-2/h1-36H;1-23,39H;1-13H;1-2H3;1H3. The van der Waals surface area contributed by atoms with E-state index in [1.165, 1.54) is 76.1 Å². The molecule has 0 atom stereocenters. The number of para-hydroxylation sites is 8. The topological polar surface area (TPSA) is 77.7 Å². The molecular formula is C121H82BrIN4O4. The van der Waals surface area contributed by atoms with Gasteiger partial charge in [-0.15, -0.1) is 11.8 Å². The molecule has 0 aliphatic heterocycles. The summed E-state index contributed by atoms with van der Waals surface area (Å²) in [5.74, 6) is 5.36. The van der Waals surface area contributed by atoms with Crippen molar-refractivity contribution in [3.8, 4) is 67.7 Å². The maximum absolute atomic E-state index is 6.76. The molecule has 0 saturated carbocycles. The number of alkyl halides is 1. The Bertz CT molecular complexity index is 8870. The zero-order chi connectivity index (χ0) is 88.0. The van der Waals surface area contributed by atoms with Gasteiger partial charge in [-0.05, 0) is 252 Å². The first-order valence-electron chi connectivity index (χ1n) is 43.8. The molecule has 0 aliphatic carbocycles. The van der Waals surface area contributed by atoms with Crippen molar-refractivity contribution in [2.45, 2.75) is 13.8 Å². The van der Waals surface area contributed by atoms with Gasteiger partial charge in [-0.2, -0.15) is 0 Å². The van der Waals surface area contributed by atoms with E-state index >= 15 is 0 Å². The van der Waals surface area contributed by atoms with Crippen LogP contribution in [0.1, 0.15) is 13.8 Å². The summed E-state index contributed by atoms with van der Waals surface area (Å²) in [4.78, 5) is 4.28. The minimum atomic E-state index is 0.852. The van der Waals surface area contributed by atoms with Crippen molar-refractivity contribution >= 4 is 220 Å². The molecule has 0 fully saturated rings. The molecule has 8 nitrogen and oxygen atoms in total. The fourth-order valence-corrected chi connectivity index (χ4v) is 19.2. The smallest absolute Gasteiger partial charge is 0.213 e. The number of fused-ring (bicyclic) bond motifs is 22. The van der Waals surface area contributed by atoms with Crippen LogP contribution >= 0.6 is 38.5 Å². The van der Waals surface area contributed by atoms with Gasteiger partial charge in [0.15, 0.2) is 11.2 Å². The van der Waals surface area contributed by atoms with Gasteiger partial charge in [0.1, 0.15) is 22.3 Å². The van der Waals surface area contributed by atoms with Gasteiger partial charge < -0.3 is 27.9 Å². The van der Waals surface area contributed by atoms with E-state index in [0.717, 1.165) is 166 Å². The monoisotopic (exact) mass is 1860 g/mol. The molecule has 0 radical (unpaired) electrons. The molecule has 131 heavy (non-hydrogen) atoms. The highest BCUT2D eigenvalue weighted by atomic mass is 127. The fraction of sp³-hybridized carbons (Fsp3) is 0.0248. The lowest BCUT2D eigenvalue weighted by Crippen LogP contribution is -2.10. The van der Waals surface area contributed by atoms with Crippen molar-refractivity contribution < 1.29 is 17.7 Å². The third kappa shape index (κ3) is 14.8. The third-order valence-electron chi connectivity index (χ3n) is 25.0. The molecule has 10 heteroatoms. The number of hydrogen-bond donors (Lipinski definition) is 1. The average Bonchev–Trinajstić information content (AvgIpc) is 1.56. The highest BCUT2D eigenvalue weighted by molar-refractivity contribution is 14.1. The van der Waals surface area contributed by atoms with Gasteiger partial charge in [-0.25, -0.2) is 0 Å². The molecule has 20 aromatic carbocycles. The van der Waals surface area contributed by atoms with E-state index in [9.17, 15) is 0 Å². The van der Waals surface area contributed by atoms with Crippen LogP contribution in [0.4, 0.5) is 28.4 Å². The molecular weight excluding hydrogens is 1780 g/mol. The lowest BCUT2D eigenvalue weighted by Gasteiger charge is -2.26. The number of aromatic nitrogens is 2. The highest BCUT2D eigenvalue weighted by Crippen LogP contribution is 2.48. The summed E-state index contributed by atoms with van der Waals surface area (Å²) in [6.45, 7) is 3.64. The Morgan fingerprint density at radius 2 is 0.641 bits per heavy atom. The second-order valence-corrected chi connectivity index (χ2v) is 33.3. The van der Waals surface area contributed by atoms with Crippen LogP contribution in [-0.2, 0) is 0 Å². The molecule has 26 rings (SSSR count). The van der Waals surface area contributed by atoms with E-state index < -0.39 is 0 Å². The molecule has 6 heterocycles. The van der Waals surface area contributed by atoms with Crippen molar-refractivity contribution in [3.05, 3.63) is 441 Å². The van der Waals surface area contributed by atoms with Crippen molar-refractivity contribution in [3.63, 3.8) is 0 Å². The van der Waals surface area contributed by atoms with Crippen molar-refractivity contribution in [1.29, 1.82) is 0 Å². The van der Waals surface area contributed by atoms with Crippen molar-refractivity contribution in [2.75, 3.05) is 15.1 Å². The zero-order valence-corrected chi connectivity index (χ0v) is 75.5. The van der Waals surface area contributed by atoms with Crippen LogP contribution in [0.5, 0.6) is 0 Å². The van der Waals surface area contributed by atoms with Crippen molar-refractivity contribution in [1.82, 2.24) is 9.13 Å². The van der Waals surface area contributed by atoms with Gasteiger partial charge in [-0.1, -0.05) is 330 Å². The predicted octanol–water partition coefficient (Wildman–Crippen LogP) is 35.9. The Morgan fingerprint density at radius 1 is 0.275 bits per heavy atom. The molecule has 0 spiro atoms. The van der Waals surface area contributed by atoms with Gasteiger partial charge in [0, 0.05) is 76.0 Å². The zero-order valence-electron chi connectivity index (χ0n) is 71.8. The first-order chi connectivity index (χ1) is 64.8. The molecule has 1 N–H and O–H groups in total. The number of halogens is 2. The maximum Gasteiger partial charge on any atom is 0.213 e. The lowest BCUT2D eigenvalue weighted by atomic mass is 9.93. The summed E-state index contributed by atoms with van der Waals surface area (Å²) >= 11 is 5.66. The fourth-order valence-electron chi connectivity index (χ4n) is 18.9. The normalized spacial score (nSPS) is 11.3. The number of benzene rings is 20. The minimum Gasteiger partial charge on any atom is -0.454 e. The largest absolute Gasteiger partial charge is 0.454 e. The number of hydrogen-bond acceptors (Lipinski definition) is 6. The van der Waals surface area contributed by atoms with Gasteiger partial charge in [-0.3, -0.25) is 9.13 Å². The number of rotatable bonds is 11. The SMILES string of the molecule is Brc1ccc(-c2cc3ccccc3c3ccccc23)cc1.CC#CC.CI.c1ccc(-n2c3ccccc3c3c4ccc(-c5ccc(N(c6ccc(-c7cc8ccccc8c8ccccc78)cc6)c6cccc7c6oc6ccccc67)cc5)cc4oc32)cc1.c1ccc(-n2c3ccccc3c3c4ccc(-c5ccc(Nc6cccc7c6oc6ccccc67)cc5)cc4oc32)cc1. The Hall–Kier alpha value is -15.9. The van der Waals surface area contributed by atoms with E-state index in [1.54, 1.807) is 0 Å². The van der Waals surface area contributed by atoms with Crippen LogP contribution in [0.3, 0.4) is 0 Å². The molecule has 0 bridgehead atoms.